The fraction of sp³-hybridized carbons (Fsp3) is 0.636. The van der Waals surface area contributed by atoms with Gasteiger partial charge in [0.15, 0.2) is 5.82 Å². The maximum Gasteiger partial charge on any atom is 0.315 e. The summed E-state index contributed by atoms with van der Waals surface area (Å²) >= 11 is 0. The van der Waals surface area contributed by atoms with Crippen LogP contribution in [0.3, 0.4) is 0 Å². The first kappa shape index (κ1) is 13.3. The van der Waals surface area contributed by atoms with Crippen molar-refractivity contribution in [2.75, 3.05) is 0 Å². The lowest BCUT2D eigenvalue weighted by Gasteiger charge is -2.12. The standard InChI is InChI=1S/C11H17N5O3/c1-16-6-13-9(15-16)5-12-11(19)14-8-3-2-7(4-8)10(17)18/h6-8H,2-5H2,1H3,(H,17,18)(H2,12,14,19). The molecule has 19 heavy (non-hydrogen) atoms. The van der Waals surface area contributed by atoms with Crippen LogP contribution in [0.2, 0.25) is 0 Å². The predicted molar refractivity (Wildman–Crippen MR) is 65.1 cm³/mol. The molecule has 2 amide bonds. The molecule has 1 saturated carbocycles. The molecule has 0 bridgehead atoms. The van der Waals surface area contributed by atoms with Gasteiger partial charge in [0.05, 0.1) is 12.5 Å². The molecule has 2 atom stereocenters. The number of hydrogen-bond donors (Lipinski definition) is 3. The first-order chi connectivity index (χ1) is 9.04. The van der Waals surface area contributed by atoms with E-state index in [2.05, 4.69) is 20.7 Å². The van der Waals surface area contributed by atoms with Crippen molar-refractivity contribution in [2.45, 2.75) is 31.8 Å². The van der Waals surface area contributed by atoms with Crippen molar-refractivity contribution in [1.82, 2.24) is 25.4 Å². The quantitative estimate of drug-likeness (QED) is 0.704. The molecular weight excluding hydrogens is 250 g/mol. The minimum Gasteiger partial charge on any atom is -0.481 e. The van der Waals surface area contributed by atoms with E-state index in [1.165, 1.54) is 0 Å². The third-order valence-electron chi connectivity index (χ3n) is 3.17. The Balaban J connectivity index is 1.72. The highest BCUT2D eigenvalue weighted by Gasteiger charge is 2.30. The first-order valence-corrected chi connectivity index (χ1v) is 6.16. The molecule has 8 heteroatoms. The Morgan fingerprint density at radius 2 is 2.32 bits per heavy atom. The van der Waals surface area contributed by atoms with E-state index in [4.69, 9.17) is 5.11 Å². The number of carbonyl (C=O) groups excluding carboxylic acids is 1. The number of urea groups is 1. The molecule has 0 radical (unpaired) electrons. The lowest BCUT2D eigenvalue weighted by atomic mass is 10.1. The molecule has 1 aromatic rings. The van der Waals surface area contributed by atoms with Crippen LogP contribution in [0.25, 0.3) is 0 Å². The number of nitrogens with one attached hydrogen (secondary N) is 2. The largest absolute Gasteiger partial charge is 0.481 e. The molecule has 0 saturated heterocycles. The molecule has 2 rings (SSSR count). The molecule has 1 aliphatic rings. The van der Waals surface area contributed by atoms with Crippen molar-refractivity contribution < 1.29 is 14.7 Å². The lowest BCUT2D eigenvalue weighted by molar-refractivity contribution is -0.141. The van der Waals surface area contributed by atoms with Gasteiger partial charge in [-0.1, -0.05) is 0 Å². The van der Waals surface area contributed by atoms with E-state index in [-0.39, 0.29) is 24.5 Å². The molecule has 1 heterocycles. The molecule has 1 aliphatic carbocycles. The smallest absolute Gasteiger partial charge is 0.315 e. The Hall–Kier alpha value is -2.12. The van der Waals surface area contributed by atoms with Gasteiger partial charge >= 0.3 is 12.0 Å². The summed E-state index contributed by atoms with van der Waals surface area (Å²) in [5.41, 5.74) is 0. The summed E-state index contributed by atoms with van der Waals surface area (Å²) in [6.45, 7) is 0.252. The number of hydrogen-bond acceptors (Lipinski definition) is 4. The number of carboxylic acid groups (broad SMARTS) is 1. The monoisotopic (exact) mass is 267 g/mol. The molecule has 3 N–H and O–H groups in total. The number of aromatic nitrogens is 3. The molecule has 2 unspecified atom stereocenters. The Morgan fingerprint density at radius 1 is 1.53 bits per heavy atom. The van der Waals surface area contributed by atoms with E-state index in [0.29, 0.717) is 25.1 Å². The van der Waals surface area contributed by atoms with Gasteiger partial charge in [-0.15, -0.1) is 0 Å². The zero-order chi connectivity index (χ0) is 13.8. The molecule has 8 nitrogen and oxygen atoms in total. The second kappa shape index (κ2) is 5.68. The molecule has 0 aromatic carbocycles. The van der Waals surface area contributed by atoms with E-state index in [1.807, 2.05) is 0 Å². The van der Waals surface area contributed by atoms with Crippen LogP contribution in [-0.2, 0) is 18.4 Å². The van der Waals surface area contributed by atoms with Gasteiger partial charge in [-0.3, -0.25) is 9.48 Å². The zero-order valence-corrected chi connectivity index (χ0v) is 10.7. The predicted octanol–water partition coefficient (Wildman–Crippen LogP) is -0.132. The maximum atomic E-state index is 11.6. The van der Waals surface area contributed by atoms with E-state index in [9.17, 15) is 9.59 Å². The molecule has 0 spiro atoms. The Kier molecular flexibility index (Phi) is 3.98. The van der Waals surface area contributed by atoms with Gasteiger partial charge in [0, 0.05) is 13.1 Å². The Morgan fingerprint density at radius 3 is 2.89 bits per heavy atom. The summed E-state index contributed by atoms with van der Waals surface area (Å²) in [4.78, 5) is 26.4. The maximum absolute atomic E-state index is 11.6. The fourth-order valence-electron chi connectivity index (χ4n) is 2.20. The average Bonchev–Trinajstić information content (AvgIpc) is 2.96. The molecular formula is C11H17N5O3. The Labute approximate surface area is 110 Å². The second-order valence-corrected chi connectivity index (χ2v) is 4.71. The van der Waals surface area contributed by atoms with Crippen LogP contribution in [0.5, 0.6) is 0 Å². The van der Waals surface area contributed by atoms with Crippen LogP contribution >= 0.6 is 0 Å². The van der Waals surface area contributed by atoms with Gasteiger partial charge in [0.25, 0.3) is 0 Å². The SMILES string of the molecule is Cn1cnc(CNC(=O)NC2CCC(C(=O)O)C2)n1. The Bertz CT molecular complexity index is 473. The zero-order valence-electron chi connectivity index (χ0n) is 10.7. The third kappa shape index (κ3) is 3.67. The van der Waals surface area contributed by atoms with Gasteiger partial charge in [-0.25, -0.2) is 9.78 Å². The van der Waals surface area contributed by atoms with Crippen molar-refractivity contribution in [3.8, 4) is 0 Å². The number of carbonyl (C=O) groups is 2. The van der Waals surface area contributed by atoms with Crippen LogP contribution in [-0.4, -0.2) is 37.9 Å². The highest BCUT2D eigenvalue weighted by Crippen LogP contribution is 2.25. The molecule has 0 aliphatic heterocycles. The summed E-state index contributed by atoms with van der Waals surface area (Å²) in [6.07, 6.45) is 3.36. The minimum absolute atomic E-state index is 0.0715. The van der Waals surface area contributed by atoms with Crippen molar-refractivity contribution in [2.24, 2.45) is 13.0 Å². The van der Waals surface area contributed by atoms with Crippen LogP contribution < -0.4 is 10.6 Å². The molecule has 1 aromatic heterocycles. The summed E-state index contributed by atoms with van der Waals surface area (Å²) in [7, 11) is 1.75. The van der Waals surface area contributed by atoms with E-state index in [0.717, 1.165) is 0 Å². The number of rotatable bonds is 4. The van der Waals surface area contributed by atoms with Crippen molar-refractivity contribution >= 4 is 12.0 Å². The van der Waals surface area contributed by atoms with Crippen molar-refractivity contribution in [1.29, 1.82) is 0 Å². The van der Waals surface area contributed by atoms with Gasteiger partial charge in [-0.05, 0) is 19.3 Å². The van der Waals surface area contributed by atoms with E-state index in [1.54, 1.807) is 18.1 Å². The molecule has 104 valence electrons. The summed E-state index contributed by atoms with van der Waals surface area (Å²) < 4.78 is 1.56. The highest BCUT2D eigenvalue weighted by atomic mass is 16.4. The number of aliphatic carboxylic acids is 1. The number of nitrogens with zero attached hydrogens (tertiary/aromatic N) is 3. The van der Waals surface area contributed by atoms with Crippen LogP contribution in [0.4, 0.5) is 4.79 Å². The van der Waals surface area contributed by atoms with E-state index >= 15 is 0 Å². The summed E-state index contributed by atoms with van der Waals surface area (Å²) in [6, 6.07) is -0.388. The van der Waals surface area contributed by atoms with Gasteiger partial charge in [0.2, 0.25) is 0 Å². The first-order valence-electron chi connectivity index (χ1n) is 6.16. The highest BCUT2D eigenvalue weighted by molar-refractivity contribution is 5.75. The number of carboxylic acids is 1. The van der Waals surface area contributed by atoms with Crippen LogP contribution in [0.15, 0.2) is 6.33 Å². The second-order valence-electron chi connectivity index (χ2n) is 4.71. The number of aryl methyl sites for hydroxylation is 1. The van der Waals surface area contributed by atoms with Crippen LogP contribution in [0, 0.1) is 5.92 Å². The number of amides is 2. The summed E-state index contributed by atoms with van der Waals surface area (Å²) in [5.74, 6) is -0.599. The van der Waals surface area contributed by atoms with Gasteiger partial charge in [-0.2, -0.15) is 5.10 Å². The topological polar surface area (TPSA) is 109 Å². The van der Waals surface area contributed by atoms with E-state index < -0.39 is 5.97 Å². The average molecular weight is 267 g/mol. The third-order valence-corrected chi connectivity index (χ3v) is 3.17. The van der Waals surface area contributed by atoms with Crippen LogP contribution in [0.1, 0.15) is 25.1 Å². The lowest BCUT2D eigenvalue weighted by Crippen LogP contribution is -2.41. The van der Waals surface area contributed by atoms with Crippen molar-refractivity contribution in [3.63, 3.8) is 0 Å². The van der Waals surface area contributed by atoms with Crippen molar-refractivity contribution in [3.05, 3.63) is 12.2 Å². The fourth-order valence-corrected chi connectivity index (χ4v) is 2.20. The summed E-state index contributed by atoms with van der Waals surface area (Å²) in [5, 5.41) is 18.3. The normalized spacial score (nSPS) is 22.2. The van der Waals surface area contributed by atoms with Gasteiger partial charge in [0.1, 0.15) is 6.33 Å². The van der Waals surface area contributed by atoms with Gasteiger partial charge < -0.3 is 15.7 Å². The molecule has 1 fully saturated rings. The minimum atomic E-state index is -0.789.